The molecule has 126 valence electrons. The third kappa shape index (κ3) is 4.07. The van der Waals surface area contributed by atoms with Crippen LogP contribution in [0.3, 0.4) is 0 Å². The number of hydrogen-bond donors (Lipinski definition) is 0. The van der Waals surface area contributed by atoms with Gasteiger partial charge in [0.25, 0.3) is 0 Å². The van der Waals surface area contributed by atoms with Gasteiger partial charge in [-0.3, -0.25) is 19.6 Å². The Hall–Kier alpha value is -3.06. The number of thiophene rings is 1. The Kier molecular flexibility index (Phi) is 4.85. The summed E-state index contributed by atoms with van der Waals surface area (Å²) in [5.41, 5.74) is 0.790. The van der Waals surface area contributed by atoms with Crippen molar-refractivity contribution >= 4 is 28.9 Å². The molecular weight excluding hydrogens is 338 g/mol. The summed E-state index contributed by atoms with van der Waals surface area (Å²) < 4.78 is 1.27. The lowest BCUT2D eigenvalue weighted by atomic mass is 10.1. The molecule has 7 heteroatoms. The van der Waals surface area contributed by atoms with Crippen molar-refractivity contribution in [2.45, 2.75) is 6.42 Å². The molecule has 1 aromatic carbocycles. The van der Waals surface area contributed by atoms with Crippen molar-refractivity contribution in [1.29, 1.82) is 0 Å². The number of aromatic nitrogens is 2. The lowest BCUT2D eigenvalue weighted by Crippen LogP contribution is -2.00. The average molecular weight is 353 g/mol. The maximum atomic E-state index is 12.2. The van der Waals surface area contributed by atoms with Crippen molar-refractivity contribution in [3.05, 3.63) is 85.9 Å². The normalized spacial score (nSPS) is 11.1. The van der Waals surface area contributed by atoms with Gasteiger partial charge in [-0.1, -0.05) is 30.3 Å². The molecule has 0 atom stereocenters. The summed E-state index contributed by atoms with van der Waals surface area (Å²) >= 11 is 1.58. The molecule has 0 spiro atoms. The fourth-order valence-electron chi connectivity index (χ4n) is 2.40. The van der Waals surface area contributed by atoms with E-state index in [-0.39, 0.29) is 11.4 Å². The number of aryl methyl sites for hydroxylation is 1. The van der Waals surface area contributed by atoms with Crippen LogP contribution in [0.4, 0.5) is 5.69 Å². The van der Waals surface area contributed by atoms with Crippen molar-refractivity contribution in [2.75, 3.05) is 0 Å². The molecule has 2 heterocycles. The summed E-state index contributed by atoms with van der Waals surface area (Å²) in [6.07, 6.45) is 5.05. The Morgan fingerprint density at radius 3 is 2.76 bits per heavy atom. The Morgan fingerprint density at radius 1 is 1.28 bits per heavy atom. The van der Waals surface area contributed by atoms with Crippen LogP contribution in [0.5, 0.6) is 0 Å². The van der Waals surface area contributed by atoms with Crippen molar-refractivity contribution in [2.24, 2.45) is 7.05 Å². The second-order valence-corrected chi connectivity index (χ2v) is 6.66. The lowest BCUT2D eigenvalue weighted by molar-refractivity contribution is -0.385. The van der Waals surface area contributed by atoms with Crippen LogP contribution >= 0.6 is 11.3 Å². The second kappa shape index (κ2) is 7.23. The molecule has 0 radical (unpaired) electrons. The van der Waals surface area contributed by atoms with Crippen molar-refractivity contribution < 1.29 is 9.72 Å². The van der Waals surface area contributed by atoms with Crippen LogP contribution in [0.1, 0.15) is 25.8 Å². The molecule has 0 bridgehead atoms. The van der Waals surface area contributed by atoms with Gasteiger partial charge in [0.15, 0.2) is 0 Å². The Bertz CT molecular complexity index is 942. The zero-order valence-corrected chi connectivity index (χ0v) is 14.3. The first-order valence-electron chi connectivity index (χ1n) is 7.56. The smallest absolute Gasteiger partial charge is 0.287 e. The number of benzene rings is 1. The van der Waals surface area contributed by atoms with Gasteiger partial charge in [0.05, 0.1) is 4.92 Å². The van der Waals surface area contributed by atoms with E-state index in [1.54, 1.807) is 24.5 Å². The van der Waals surface area contributed by atoms with E-state index in [2.05, 4.69) is 17.2 Å². The molecule has 6 nitrogen and oxygen atoms in total. The van der Waals surface area contributed by atoms with Gasteiger partial charge < -0.3 is 0 Å². The highest BCUT2D eigenvalue weighted by Crippen LogP contribution is 2.22. The maximum Gasteiger partial charge on any atom is 0.318 e. The minimum absolute atomic E-state index is 0.148. The van der Waals surface area contributed by atoms with Gasteiger partial charge in [-0.25, -0.2) is 0 Å². The predicted molar refractivity (Wildman–Crippen MR) is 96.8 cm³/mol. The van der Waals surface area contributed by atoms with Crippen LogP contribution in [0.15, 0.2) is 54.7 Å². The summed E-state index contributed by atoms with van der Waals surface area (Å²) in [5, 5.41) is 14.9. The minimum atomic E-state index is -0.600. The third-order valence-corrected chi connectivity index (χ3v) is 4.59. The van der Waals surface area contributed by atoms with Crippen molar-refractivity contribution in [3.63, 3.8) is 0 Å². The molecule has 0 unspecified atom stereocenters. The molecule has 3 aromatic rings. The number of rotatable bonds is 6. The van der Waals surface area contributed by atoms with Crippen LogP contribution < -0.4 is 0 Å². The summed E-state index contributed by atoms with van der Waals surface area (Å²) in [4.78, 5) is 24.7. The Labute approximate surface area is 148 Å². The molecule has 3 rings (SSSR count). The van der Waals surface area contributed by atoms with Gasteiger partial charge in [0.2, 0.25) is 11.5 Å². The fraction of sp³-hybridized carbons (Fsp3) is 0.111. The topological polar surface area (TPSA) is 78.0 Å². The molecule has 0 aliphatic heterocycles. The standard InChI is InChI=1S/C18H15N3O3S/c1-20-12-16(21(23)24)18(19-20)17(22)10-9-14-7-8-15(25-14)11-13-5-3-2-4-6-13/h2-10,12H,11H2,1H3/b10-9+. The summed E-state index contributed by atoms with van der Waals surface area (Å²) in [6.45, 7) is 0. The van der Waals surface area contributed by atoms with E-state index in [1.807, 2.05) is 30.3 Å². The molecule has 0 N–H and O–H groups in total. The first-order chi connectivity index (χ1) is 12.0. The SMILES string of the molecule is Cn1cc([N+](=O)[O-])c(C(=O)/C=C/c2ccc(Cc3ccccc3)s2)n1. The molecule has 0 saturated carbocycles. The number of ketones is 1. The number of nitrogens with zero attached hydrogens (tertiary/aromatic N) is 3. The first kappa shape index (κ1) is 16.8. The summed E-state index contributed by atoms with van der Waals surface area (Å²) in [5.74, 6) is -0.481. The predicted octanol–water partition coefficient (Wildman–Crippen LogP) is 3.88. The van der Waals surface area contributed by atoms with E-state index < -0.39 is 10.7 Å². The van der Waals surface area contributed by atoms with E-state index in [1.165, 1.54) is 27.4 Å². The molecule has 0 aliphatic carbocycles. The van der Waals surface area contributed by atoms with Crippen LogP contribution in [0.25, 0.3) is 6.08 Å². The van der Waals surface area contributed by atoms with Gasteiger partial charge >= 0.3 is 5.69 Å². The molecule has 0 fully saturated rings. The highest BCUT2D eigenvalue weighted by molar-refractivity contribution is 7.12. The molecule has 25 heavy (non-hydrogen) atoms. The second-order valence-electron chi connectivity index (χ2n) is 5.46. The van der Waals surface area contributed by atoms with Gasteiger partial charge in [-0.05, 0) is 29.8 Å². The third-order valence-electron chi connectivity index (χ3n) is 3.54. The number of allylic oxidation sites excluding steroid dienone is 1. The van der Waals surface area contributed by atoms with Crippen molar-refractivity contribution in [1.82, 2.24) is 9.78 Å². The Morgan fingerprint density at radius 2 is 2.04 bits per heavy atom. The average Bonchev–Trinajstić information content (AvgIpc) is 3.20. The highest BCUT2D eigenvalue weighted by atomic mass is 32.1. The molecule has 0 saturated heterocycles. The molecule has 0 amide bonds. The van der Waals surface area contributed by atoms with E-state index >= 15 is 0 Å². The number of carbonyl (C=O) groups excluding carboxylic acids is 1. The van der Waals surface area contributed by atoms with Crippen LogP contribution in [-0.4, -0.2) is 20.5 Å². The molecular formula is C18H15N3O3S. The zero-order chi connectivity index (χ0) is 17.8. The largest absolute Gasteiger partial charge is 0.318 e. The fourth-order valence-corrected chi connectivity index (χ4v) is 3.35. The highest BCUT2D eigenvalue weighted by Gasteiger charge is 2.23. The Balaban J connectivity index is 1.72. The van der Waals surface area contributed by atoms with Gasteiger partial charge in [-0.2, -0.15) is 5.10 Å². The number of carbonyl (C=O) groups is 1. The van der Waals surface area contributed by atoms with E-state index in [0.29, 0.717) is 0 Å². The molecule has 0 aliphatic rings. The van der Waals surface area contributed by atoms with Crippen molar-refractivity contribution in [3.8, 4) is 0 Å². The monoisotopic (exact) mass is 353 g/mol. The molecule has 2 aromatic heterocycles. The van der Waals surface area contributed by atoms with Gasteiger partial charge in [-0.15, -0.1) is 11.3 Å². The maximum absolute atomic E-state index is 12.2. The van der Waals surface area contributed by atoms with E-state index in [4.69, 9.17) is 0 Å². The number of hydrogen-bond acceptors (Lipinski definition) is 5. The van der Waals surface area contributed by atoms with Crippen LogP contribution in [-0.2, 0) is 13.5 Å². The van der Waals surface area contributed by atoms with Crippen LogP contribution in [0.2, 0.25) is 0 Å². The van der Waals surface area contributed by atoms with E-state index in [9.17, 15) is 14.9 Å². The number of nitro groups is 1. The van der Waals surface area contributed by atoms with Gasteiger partial charge in [0, 0.05) is 23.2 Å². The zero-order valence-electron chi connectivity index (χ0n) is 13.5. The quantitative estimate of drug-likeness (QED) is 0.292. The van der Waals surface area contributed by atoms with E-state index in [0.717, 1.165) is 11.3 Å². The summed E-state index contributed by atoms with van der Waals surface area (Å²) in [6, 6.07) is 14.1. The van der Waals surface area contributed by atoms with Gasteiger partial charge in [0.1, 0.15) is 6.20 Å². The van der Waals surface area contributed by atoms with Crippen LogP contribution in [0, 0.1) is 10.1 Å². The first-order valence-corrected chi connectivity index (χ1v) is 8.37. The minimum Gasteiger partial charge on any atom is -0.287 e. The summed E-state index contributed by atoms with van der Waals surface area (Å²) in [7, 11) is 1.54. The lowest BCUT2D eigenvalue weighted by Gasteiger charge is -1.96.